The molecule has 3 heterocycles. The zero-order chi connectivity index (χ0) is 27.9. The molecule has 5 rings (SSSR count). The van der Waals surface area contributed by atoms with Crippen molar-refractivity contribution in [1.29, 1.82) is 0 Å². The number of hydrazone groups is 1. The van der Waals surface area contributed by atoms with Crippen LogP contribution in [0.2, 0.25) is 0 Å². The van der Waals surface area contributed by atoms with Crippen molar-refractivity contribution in [2.45, 2.75) is 12.8 Å². The van der Waals surface area contributed by atoms with Crippen LogP contribution in [0.25, 0.3) is 11.1 Å². The number of aromatic nitrogens is 3. The Morgan fingerprint density at radius 2 is 1.77 bits per heavy atom. The van der Waals surface area contributed by atoms with Gasteiger partial charge in [-0.25, -0.2) is 23.6 Å². The number of morpholine rings is 1. The number of ether oxygens (including phenoxy) is 1. The smallest absolute Gasteiger partial charge is 0.264 e. The highest BCUT2D eigenvalue weighted by atomic mass is 19.3. The second kappa shape index (κ2) is 12.4. The van der Waals surface area contributed by atoms with Gasteiger partial charge in [-0.3, -0.25) is 4.98 Å². The Bertz CT molecular complexity index is 1460. The molecule has 0 radical (unpaired) electrons. The van der Waals surface area contributed by atoms with Crippen molar-refractivity contribution >= 4 is 29.4 Å². The molecular weight excluding hydrogens is 523 g/mol. The molecule has 40 heavy (non-hydrogen) atoms. The van der Waals surface area contributed by atoms with E-state index in [0.29, 0.717) is 55.2 Å². The van der Waals surface area contributed by atoms with E-state index in [-0.39, 0.29) is 23.1 Å². The normalized spacial score (nSPS) is 13.7. The molecule has 1 fully saturated rings. The van der Waals surface area contributed by atoms with Gasteiger partial charge in [-0.2, -0.15) is 10.1 Å². The predicted octanol–water partition coefficient (Wildman–Crippen LogP) is 5.54. The van der Waals surface area contributed by atoms with Crippen LogP contribution in [-0.2, 0) is 11.2 Å². The van der Waals surface area contributed by atoms with Crippen LogP contribution in [0.5, 0.6) is 5.75 Å². The van der Waals surface area contributed by atoms with E-state index in [1.807, 2.05) is 0 Å². The standard InChI is InChI=1S/C28H26F3N7O2/c29-25-17-33-28(36-27(25)38-11-13-40-14-12-38)37-34-10-9-19-3-4-21(16-32-19)35-20-5-8-23(24(15-20)26(30)31)18-1-6-22(39)7-2-18/h1-8,10,15-17,26,35,39H,9,11-14H2,(H,33,36,37)/b34-10+. The molecule has 12 heteroatoms. The number of benzene rings is 2. The highest BCUT2D eigenvalue weighted by Crippen LogP contribution is 2.34. The fourth-order valence-corrected chi connectivity index (χ4v) is 4.16. The first kappa shape index (κ1) is 26.9. The van der Waals surface area contributed by atoms with Crippen LogP contribution in [0.4, 0.5) is 36.3 Å². The second-order valence-corrected chi connectivity index (χ2v) is 8.90. The molecule has 1 saturated heterocycles. The average molecular weight is 550 g/mol. The maximum Gasteiger partial charge on any atom is 0.264 e. The molecule has 0 atom stereocenters. The van der Waals surface area contributed by atoms with Crippen LogP contribution in [0.1, 0.15) is 17.7 Å². The zero-order valence-electron chi connectivity index (χ0n) is 21.3. The van der Waals surface area contributed by atoms with Crippen molar-refractivity contribution in [2.24, 2.45) is 5.10 Å². The number of alkyl halides is 2. The molecular formula is C28H26F3N7O2. The maximum atomic E-state index is 14.2. The van der Waals surface area contributed by atoms with Gasteiger partial charge in [0.25, 0.3) is 6.43 Å². The third-order valence-electron chi connectivity index (χ3n) is 6.17. The monoisotopic (exact) mass is 549 g/mol. The van der Waals surface area contributed by atoms with Crippen molar-refractivity contribution in [3.63, 3.8) is 0 Å². The molecule has 0 aliphatic carbocycles. The number of anilines is 4. The maximum absolute atomic E-state index is 14.2. The van der Waals surface area contributed by atoms with Crippen molar-refractivity contribution in [2.75, 3.05) is 41.9 Å². The van der Waals surface area contributed by atoms with Crippen LogP contribution < -0.4 is 15.6 Å². The Balaban J connectivity index is 1.18. The molecule has 2 aromatic carbocycles. The summed E-state index contributed by atoms with van der Waals surface area (Å²) >= 11 is 0. The predicted molar refractivity (Wildman–Crippen MR) is 147 cm³/mol. The Morgan fingerprint density at radius 3 is 2.50 bits per heavy atom. The Kier molecular flexibility index (Phi) is 8.35. The molecule has 0 unspecified atom stereocenters. The topological polar surface area (TPSA) is 108 Å². The van der Waals surface area contributed by atoms with Gasteiger partial charge in [-0.15, -0.1) is 0 Å². The SMILES string of the molecule is Oc1ccc(-c2ccc(Nc3ccc(C/C=N/Nc4ncc(F)c(N5CCOCC5)n4)nc3)cc2C(F)F)cc1. The number of nitrogens with one attached hydrogen (secondary N) is 2. The molecule has 0 spiro atoms. The first-order valence-corrected chi connectivity index (χ1v) is 12.5. The number of rotatable bonds is 9. The van der Waals surface area contributed by atoms with Crippen LogP contribution >= 0.6 is 0 Å². The van der Waals surface area contributed by atoms with E-state index in [1.54, 1.807) is 53.7 Å². The molecule has 1 aliphatic heterocycles. The molecule has 2 aromatic heterocycles. The summed E-state index contributed by atoms with van der Waals surface area (Å²) in [6.45, 7) is 2.11. The van der Waals surface area contributed by atoms with Crippen LogP contribution in [-0.4, -0.2) is 52.6 Å². The summed E-state index contributed by atoms with van der Waals surface area (Å²) in [5, 5.41) is 16.7. The Labute approximate surface area is 228 Å². The van der Waals surface area contributed by atoms with Gasteiger partial charge in [0, 0.05) is 42.7 Å². The molecule has 1 aliphatic rings. The van der Waals surface area contributed by atoms with Gasteiger partial charge in [0.05, 0.1) is 31.3 Å². The number of phenols is 1. The lowest BCUT2D eigenvalue weighted by atomic mass is 9.99. The van der Waals surface area contributed by atoms with E-state index >= 15 is 0 Å². The van der Waals surface area contributed by atoms with Crippen LogP contribution in [0, 0.1) is 5.82 Å². The Hall–Kier alpha value is -4.71. The summed E-state index contributed by atoms with van der Waals surface area (Å²) in [5.41, 5.74) is 5.42. The fourth-order valence-electron chi connectivity index (χ4n) is 4.16. The molecule has 0 saturated carbocycles. The summed E-state index contributed by atoms with van der Waals surface area (Å²) in [4.78, 5) is 14.3. The number of hydrogen-bond donors (Lipinski definition) is 3. The first-order valence-electron chi connectivity index (χ1n) is 12.5. The third kappa shape index (κ3) is 6.64. The highest BCUT2D eigenvalue weighted by Gasteiger charge is 2.18. The minimum absolute atomic E-state index is 0.0686. The lowest BCUT2D eigenvalue weighted by molar-refractivity contribution is 0.122. The van der Waals surface area contributed by atoms with E-state index in [4.69, 9.17) is 4.74 Å². The highest BCUT2D eigenvalue weighted by molar-refractivity contribution is 5.73. The zero-order valence-corrected chi connectivity index (χ0v) is 21.3. The molecule has 9 nitrogen and oxygen atoms in total. The second-order valence-electron chi connectivity index (χ2n) is 8.90. The van der Waals surface area contributed by atoms with Gasteiger partial charge in [-0.1, -0.05) is 18.2 Å². The van der Waals surface area contributed by atoms with Crippen molar-refractivity contribution < 1.29 is 23.0 Å². The molecule has 0 amide bonds. The van der Waals surface area contributed by atoms with Gasteiger partial charge >= 0.3 is 0 Å². The number of hydrogen-bond acceptors (Lipinski definition) is 9. The number of pyridine rings is 1. The summed E-state index contributed by atoms with van der Waals surface area (Å²) in [7, 11) is 0. The van der Waals surface area contributed by atoms with E-state index in [1.165, 1.54) is 18.2 Å². The molecule has 0 bridgehead atoms. The van der Waals surface area contributed by atoms with Crippen molar-refractivity contribution in [1.82, 2.24) is 15.0 Å². The number of halogens is 3. The third-order valence-corrected chi connectivity index (χ3v) is 6.17. The van der Waals surface area contributed by atoms with Gasteiger partial charge in [0.15, 0.2) is 11.6 Å². The summed E-state index contributed by atoms with van der Waals surface area (Å²) in [6, 6.07) is 14.4. The van der Waals surface area contributed by atoms with E-state index in [9.17, 15) is 18.3 Å². The number of aromatic hydroxyl groups is 1. The van der Waals surface area contributed by atoms with E-state index in [2.05, 4.69) is 30.8 Å². The lowest BCUT2D eigenvalue weighted by Gasteiger charge is -2.27. The molecule has 3 N–H and O–H groups in total. The van der Waals surface area contributed by atoms with Gasteiger partial charge in [0.1, 0.15) is 5.75 Å². The molecule has 206 valence electrons. The quantitative estimate of drug-likeness (QED) is 0.185. The summed E-state index contributed by atoms with van der Waals surface area (Å²) in [5.74, 6) is -0.0604. The largest absolute Gasteiger partial charge is 0.508 e. The molecule has 4 aromatic rings. The number of nitrogens with zero attached hydrogens (tertiary/aromatic N) is 5. The lowest BCUT2D eigenvalue weighted by Crippen LogP contribution is -2.37. The fraction of sp³-hybridized carbons (Fsp3) is 0.214. The van der Waals surface area contributed by atoms with Gasteiger partial charge in [-0.05, 0) is 47.5 Å². The van der Waals surface area contributed by atoms with Crippen molar-refractivity contribution in [3.8, 4) is 16.9 Å². The van der Waals surface area contributed by atoms with Gasteiger partial charge < -0.3 is 20.1 Å². The minimum atomic E-state index is -2.68. The minimum Gasteiger partial charge on any atom is -0.508 e. The van der Waals surface area contributed by atoms with Crippen molar-refractivity contribution in [3.05, 3.63) is 84.1 Å². The Morgan fingerprint density at radius 1 is 1.00 bits per heavy atom. The summed E-state index contributed by atoms with van der Waals surface area (Å²) in [6.07, 6.45) is 2.03. The van der Waals surface area contributed by atoms with Crippen LogP contribution in [0.15, 0.2) is 72.1 Å². The average Bonchev–Trinajstić information content (AvgIpc) is 2.98. The summed E-state index contributed by atoms with van der Waals surface area (Å²) < 4.78 is 47.1. The first-order chi connectivity index (χ1) is 19.5. The van der Waals surface area contributed by atoms with Crippen LogP contribution in [0.3, 0.4) is 0 Å². The van der Waals surface area contributed by atoms with E-state index < -0.39 is 12.2 Å². The van der Waals surface area contributed by atoms with Gasteiger partial charge in [0.2, 0.25) is 5.95 Å². The van der Waals surface area contributed by atoms with E-state index in [0.717, 1.165) is 11.9 Å². The number of phenolic OH excluding ortho intramolecular Hbond substituents is 1.